The number of thioether (sulfide) groups is 1. The highest BCUT2D eigenvalue weighted by Gasteiger charge is 2.09. The number of nitrogens with one attached hydrogen (secondary N) is 1. The molecule has 0 atom stereocenters. The molecule has 0 spiro atoms. The van der Waals surface area contributed by atoms with Crippen molar-refractivity contribution in [2.75, 3.05) is 38.8 Å². The van der Waals surface area contributed by atoms with Crippen molar-refractivity contribution < 1.29 is 0 Å². The molecule has 0 amide bonds. The first-order chi connectivity index (χ1) is 7.69. The molecule has 1 aromatic rings. The third kappa shape index (κ3) is 3.36. The largest absolute Gasteiger partial charge is 0.368 e. The van der Waals surface area contributed by atoms with Gasteiger partial charge in [0.2, 0.25) is 0 Å². The molecule has 6 heteroatoms. The number of hydrogen-bond donors (Lipinski definition) is 1. The summed E-state index contributed by atoms with van der Waals surface area (Å²) in [4.78, 5) is 10.2. The Kier molecular flexibility index (Phi) is 5.02. The van der Waals surface area contributed by atoms with Gasteiger partial charge in [0.1, 0.15) is 28.8 Å². The summed E-state index contributed by atoms with van der Waals surface area (Å²) in [5, 5.41) is 12.9. The molecule has 1 heterocycles. The lowest BCUT2D eigenvalue weighted by molar-refractivity contribution is 0.425. The van der Waals surface area contributed by atoms with Crippen LogP contribution in [0, 0.1) is 11.3 Å². The van der Waals surface area contributed by atoms with Gasteiger partial charge in [-0.25, -0.2) is 9.97 Å². The first-order valence-corrected chi connectivity index (χ1v) is 6.09. The van der Waals surface area contributed by atoms with E-state index in [1.807, 2.05) is 20.4 Å². The Morgan fingerprint density at radius 1 is 1.50 bits per heavy atom. The Balaban J connectivity index is 2.76. The van der Waals surface area contributed by atoms with Crippen LogP contribution in [0.4, 0.5) is 5.82 Å². The SMILES string of the molecule is CSc1ncnc(NCCN(C)C)c1C#N. The lowest BCUT2D eigenvalue weighted by Gasteiger charge is -2.12. The van der Waals surface area contributed by atoms with Gasteiger partial charge < -0.3 is 10.2 Å². The summed E-state index contributed by atoms with van der Waals surface area (Å²) < 4.78 is 0. The zero-order valence-electron chi connectivity index (χ0n) is 9.69. The summed E-state index contributed by atoms with van der Waals surface area (Å²) >= 11 is 1.45. The van der Waals surface area contributed by atoms with Gasteiger partial charge in [-0.05, 0) is 20.4 Å². The lowest BCUT2D eigenvalue weighted by atomic mass is 10.3. The van der Waals surface area contributed by atoms with E-state index in [4.69, 9.17) is 5.26 Å². The second-order valence-electron chi connectivity index (χ2n) is 3.45. The molecular weight excluding hydrogens is 222 g/mol. The molecule has 86 valence electrons. The molecule has 0 saturated carbocycles. The van der Waals surface area contributed by atoms with Crippen LogP contribution >= 0.6 is 11.8 Å². The highest BCUT2D eigenvalue weighted by Crippen LogP contribution is 2.21. The number of nitrogens with zero attached hydrogens (tertiary/aromatic N) is 4. The van der Waals surface area contributed by atoms with E-state index in [0.717, 1.165) is 13.1 Å². The van der Waals surface area contributed by atoms with Gasteiger partial charge in [-0.3, -0.25) is 0 Å². The summed E-state index contributed by atoms with van der Waals surface area (Å²) in [7, 11) is 4.00. The van der Waals surface area contributed by atoms with Crippen molar-refractivity contribution in [1.29, 1.82) is 5.26 Å². The first kappa shape index (κ1) is 12.7. The van der Waals surface area contributed by atoms with E-state index in [-0.39, 0.29) is 0 Å². The Bertz CT molecular complexity index is 385. The molecular formula is C10H15N5S. The monoisotopic (exact) mass is 237 g/mol. The highest BCUT2D eigenvalue weighted by atomic mass is 32.2. The molecule has 5 nitrogen and oxygen atoms in total. The van der Waals surface area contributed by atoms with Gasteiger partial charge in [-0.15, -0.1) is 11.8 Å². The van der Waals surface area contributed by atoms with Crippen LogP contribution in [0.15, 0.2) is 11.4 Å². The maximum absolute atomic E-state index is 9.05. The maximum atomic E-state index is 9.05. The molecule has 0 radical (unpaired) electrons. The average Bonchev–Trinajstić information content (AvgIpc) is 2.28. The van der Waals surface area contributed by atoms with E-state index in [1.54, 1.807) is 0 Å². The van der Waals surface area contributed by atoms with Gasteiger partial charge in [-0.1, -0.05) is 0 Å². The zero-order valence-corrected chi connectivity index (χ0v) is 10.5. The molecule has 16 heavy (non-hydrogen) atoms. The molecule has 0 bridgehead atoms. The third-order valence-corrected chi connectivity index (χ3v) is 2.67. The van der Waals surface area contributed by atoms with Crippen LogP contribution in [0.5, 0.6) is 0 Å². The van der Waals surface area contributed by atoms with Crippen LogP contribution in [0.3, 0.4) is 0 Å². The molecule has 0 aliphatic carbocycles. The number of hydrogen-bond acceptors (Lipinski definition) is 6. The fourth-order valence-corrected chi connectivity index (χ4v) is 1.66. The topological polar surface area (TPSA) is 64.8 Å². The molecule has 0 aliphatic heterocycles. The van der Waals surface area contributed by atoms with Crippen LogP contribution < -0.4 is 5.32 Å². The van der Waals surface area contributed by atoms with Crippen LogP contribution in [0.1, 0.15) is 5.56 Å². The zero-order chi connectivity index (χ0) is 12.0. The molecule has 1 aromatic heterocycles. The second kappa shape index (κ2) is 6.30. The molecule has 0 aromatic carbocycles. The number of aromatic nitrogens is 2. The third-order valence-electron chi connectivity index (χ3n) is 1.97. The predicted molar refractivity (Wildman–Crippen MR) is 65.6 cm³/mol. The minimum atomic E-state index is 0.522. The molecule has 1 rings (SSSR count). The van der Waals surface area contributed by atoms with Crippen LogP contribution in [-0.4, -0.2) is 48.3 Å². The number of nitriles is 1. The van der Waals surface area contributed by atoms with E-state index < -0.39 is 0 Å². The van der Waals surface area contributed by atoms with E-state index in [0.29, 0.717) is 16.4 Å². The second-order valence-corrected chi connectivity index (χ2v) is 4.24. The number of rotatable bonds is 5. The van der Waals surface area contributed by atoms with Gasteiger partial charge in [-0.2, -0.15) is 5.26 Å². The molecule has 0 unspecified atom stereocenters. The van der Waals surface area contributed by atoms with Crippen molar-refractivity contribution in [1.82, 2.24) is 14.9 Å². The maximum Gasteiger partial charge on any atom is 0.148 e. The molecule has 0 aliphatic rings. The first-order valence-electron chi connectivity index (χ1n) is 4.86. The van der Waals surface area contributed by atoms with Crippen molar-refractivity contribution in [3.8, 4) is 6.07 Å². The summed E-state index contributed by atoms with van der Waals surface area (Å²) in [6.45, 7) is 1.65. The summed E-state index contributed by atoms with van der Waals surface area (Å²) in [6, 6.07) is 2.13. The van der Waals surface area contributed by atoms with E-state index in [1.165, 1.54) is 18.1 Å². The minimum absolute atomic E-state index is 0.522. The smallest absolute Gasteiger partial charge is 0.148 e. The van der Waals surface area contributed by atoms with Gasteiger partial charge in [0.15, 0.2) is 0 Å². The van der Waals surface area contributed by atoms with Crippen molar-refractivity contribution in [3.63, 3.8) is 0 Å². The van der Waals surface area contributed by atoms with Crippen LogP contribution in [0.25, 0.3) is 0 Å². The standard InChI is InChI=1S/C10H15N5S/c1-15(2)5-4-12-9-8(6-11)10(16-3)14-7-13-9/h7H,4-5H2,1-3H3,(H,12,13,14). The quantitative estimate of drug-likeness (QED) is 0.610. The normalized spacial score (nSPS) is 10.2. The van der Waals surface area contributed by atoms with Crippen LogP contribution in [0.2, 0.25) is 0 Å². The Morgan fingerprint density at radius 2 is 2.25 bits per heavy atom. The van der Waals surface area contributed by atoms with Crippen molar-refractivity contribution in [3.05, 3.63) is 11.9 Å². The lowest BCUT2D eigenvalue weighted by Crippen LogP contribution is -2.21. The van der Waals surface area contributed by atoms with Crippen molar-refractivity contribution in [2.24, 2.45) is 0 Å². The molecule has 1 N–H and O–H groups in total. The molecule has 0 fully saturated rings. The fraction of sp³-hybridized carbons (Fsp3) is 0.500. The van der Waals surface area contributed by atoms with E-state index in [9.17, 15) is 0 Å². The minimum Gasteiger partial charge on any atom is -0.368 e. The summed E-state index contributed by atoms with van der Waals surface area (Å²) in [5.41, 5.74) is 0.522. The Hall–Kier alpha value is -1.32. The number of likely N-dealkylation sites (N-methyl/N-ethyl adjacent to an activating group) is 1. The Labute approximate surface area is 99.9 Å². The van der Waals surface area contributed by atoms with Crippen LogP contribution in [-0.2, 0) is 0 Å². The fourth-order valence-electron chi connectivity index (χ4n) is 1.16. The van der Waals surface area contributed by atoms with Gasteiger partial charge in [0.05, 0.1) is 0 Å². The molecule has 0 saturated heterocycles. The van der Waals surface area contributed by atoms with Gasteiger partial charge in [0.25, 0.3) is 0 Å². The van der Waals surface area contributed by atoms with E-state index >= 15 is 0 Å². The van der Waals surface area contributed by atoms with Crippen molar-refractivity contribution in [2.45, 2.75) is 5.03 Å². The highest BCUT2D eigenvalue weighted by molar-refractivity contribution is 7.98. The van der Waals surface area contributed by atoms with Crippen molar-refractivity contribution >= 4 is 17.6 Å². The number of anilines is 1. The van der Waals surface area contributed by atoms with Gasteiger partial charge in [0, 0.05) is 13.1 Å². The summed E-state index contributed by atoms with van der Waals surface area (Å²) in [6.07, 6.45) is 3.37. The predicted octanol–water partition coefficient (Wildman–Crippen LogP) is 1.04. The average molecular weight is 237 g/mol. The Morgan fingerprint density at radius 3 is 2.81 bits per heavy atom. The van der Waals surface area contributed by atoms with Gasteiger partial charge >= 0.3 is 0 Å². The summed E-state index contributed by atoms with van der Waals surface area (Å²) in [5.74, 6) is 0.615. The van der Waals surface area contributed by atoms with E-state index in [2.05, 4.69) is 26.3 Å².